The maximum atomic E-state index is 12.6. The second-order valence-corrected chi connectivity index (χ2v) is 2.79. The van der Waals surface area contributed by atoms with Crippen molar-refractivity contribution < 1.29 is 4.39 Å². The predicted octanol–water partition coefficient (Wildman–Crippen LogP) is 2.15. The van der Waals surface area contributed by atoms with Crippen LogP contribution in [0, 0.1) is 12.7 Å². The fourth-order valence-corrected chi connectivity index (χ4v) is 1.15. The third-order valence-corrected chi connectivity index (χ3v) is 1.72. The second kappa shape index (κ2) is 3.01. The van der Waals surface area contributed by atoms with Crippen molar-refractivity contribution in [1.82, 2.24) is 0 Å². The van der Waals surface area contributed by atoms with Crippen LogP contribution in [0.25, 0.3) is 0 Å². The smallest absolute Gasteiger partial charge is 0.123 e. The largest absolute Gasteiger partial charge is 0.324 e. The molecule has 0 amide bonds. The summed E-state index contributed by atoms with van der Waals surface area (Å²) < 4.78 is 12.6. The first kappa shape index (κ1) is 8.21. The minimum atomic E-state index is -0.202. The number of rotatable bonds is 1. The minimum absolute atomic E-state index is 0.0180. The van der Waals surface area contributed by atoms with E-state index in [4.69, 9.17) is 5.73 Å². The lowest BCUT2D eigenvalue weighted by Crippen LogP contribution is -2.06. The van der Waals surface area contributed by atoms with Crippen molar-refractivity contribution >= 4 is 0 Å². The Labute approximate surface area is 66.0 Å². The fraction of sp³-hybridized carbons (Fsp3) is 0.333. The van der Waals surface area contributed by atoms with Gasteiger partial charge in [0.05, 0.1) is 0 Å². The molecular weight excluding hydrogens is 141 g/mol. The molecule has 0 aliphatic carbocycles. The Bertz CT molecular complexity index is 256. The average Bonchev–Trinajstić information content (AvgIpc) is 1.85. The lowest BCUT2D eigenvalue weighted by Gasteiger charge is -2.08. The van der Waals surface area contributed by atoms with Crippen molar-refractivity contribution in [2.45, 2.75) is 19.9 Å². The van der Waals surface area contributed by atoms with Crippen molar-refractivity contribution in [1.29, 1.82) is 0 Å². The average molecular weight is 153 g/mol. The highest BCUT2D eigenvalue weighted by atomic mass is 19.1. The molecule has 2 heteroatoms. The maximum Gasteiger partial charge on any atom is 0.123 e. The zero-order valence-corrected chi connectivity index (χ0v) is 6.76. The molecule has 1 aromatic rings. The van der Waals surface area contributed by atoms with Crippen LogP contribution < -0.4 is 5.73 Å². The molecular formula is C9H12FN. The van der Waals surface area contributed by atoms with Gasteiger partial charge in [-0.25, -0.2) is 4.39 Å². The van der Waals surface area contributed by atoms with E-state index < -0.39 is 0 Å². The van der Waals surface area contributed by atoms with E-state index in [0.717, 1.165) is 11.1 Å². The molecule has 0 saturated heterocycles. The van der Waals surface area contributed by atoms with E-state index in [0.29, 0.717) is 0 Å². The Morgan fingerprint density at radius 3 is 2.55 bits per heavy atom. The van der Waals surface area contributed by atoms with E-state index >= 15 is 0 Å². The van der Waals surface area contributed by atoms with Gasteiger partial charge in [-0.1, -0.05) is 6.07 Å². The summed E-state index contributed by atoms with van der Waals surface area (Å²) in [5.41, 5.74) is 7.56. The number of halogens is 1. The van der Waals surface area contributed by atoms with Gasteiger partial charge in [0.2, 0.25) is 0 Å². The highest BCUT2D eigenvalue weighted by Gasteiger charge is 2.02. The van der Waals surface area contributed by atoms with Gasteiger partial charge < -0.3 is 5.73 Å². The molecule has 0 saturated carbocycles. The van der Waals surface area contributed by atoms with E-state index in [1.54, 1.807) is 6.07 Å². The molecule has 0 spiro atoms. The van der Waals surface area contributed by atoms with Crippen molar-refractivity contribution in [3.8, 4) is 0 Å². The summed E-state index contributed by atoms with van der Waals surface area (Å²) >= 11 is 0. The Hall–Kier alpha value is -0.890. The quantitative estimate of drug-likeness (QED) is 0.657. The molecule has 1 rings (SSSR count). The molecule has 60 valence electrons. The molecule has 0 radical (unpaired) electrons. The van der Waals surface area contributed by atoms with Crippen molar-refractivity contribution in [3.63, 3.8) is 0 Å². The monoisotopic (exact) mass is 153 g/mol. The van der Waals surface area contributed by atoms with Gasteiger partial charge in [-0.15, -0.1) is 0 Å². The highest BCUT2D eigenvalue weighted by Crippen LogP contribution is 2.15. The van der Waals surface area contributed by atoms with Gasteiger partial charge in [-0.2, -0.15) is 0 Å². The molecule has 2 N–H and O–H groups in total. The summed E-state index contributed by atoms with van der Waals surface area (Å²) in [4.78, 5) is 0. The molecule has 0 aliphatic rings. The fourth-order valence-electron chi connectivity index (χ4n) is 1.15. The number of benzene rings is 1. The van der Waals surface area contributed by atoms with Crippen molar-refractivity contribution in [2.24, 2.45) is 5.73 Å². The summed E-state index contributed by atoms with van der Waals surface area (Å²) in [5.74, 6) is -0.202. The van der Waals surface area contributed by atoms with E-state index in [2.05, 4.69) is 0 Å². The zero-order chi connectivity index (χ0) is 8.43. The van der Waals surface area contributed by atoms with Crippen LogP contribution in [0.4, 0.5) is 4.39 Å². The van der Waals surface area contributed by atoms with Crippen LogP contribution in [-0.2, 0) is 0 Å². The molecule has 0 bridgehead atoms. The molecule has 0 unspecified atom stereocenters. The number of nitrogens with two attached hydrogens (primary N) is 1. The van der Waals surface area contributed by atoms with Crippen LogP contribution in [0.2, 0.25) is 0 Å². The minimum Gasteiger partial charge on any atom is -0.324 e. The molecule has 1 nitrogen and oxygen atoms in total. The predicted molar refractivity (Wildman–Crippen MR) is 43.7 cm³/mol. The van der Waals surface area contributed by atoms with Crippen LogP contribution in [-0.4, -0.2) is 0 Å². The normalized spacial score (nSPS) is 13.1. The summed E-state index contributed by atoms with van der Waals surface area (Å²) in [7, 11) is 0. The lowest BCUT2D eigenvalue weighted by molar-refractivity contribution is 0.624. The van der Waals surface area contributed by atoms with Crippen molar-refractivity contribution in [3.05, 3.63) is 35.1 Å². The second-order valence-electron chi connectivity index (χ2n) is 2.79. The SMILES string of the molecule is Cc1cc(F)ccc1[C@@H](C)N. The number of hydrogen-bond donors (Lipinski definition) is 1. The summed E-state index contributed by atoms with van der Waals surface area (Å²) in [5, 5.41) is 0. The Morgan fingerprint density at radius 1 is 1.45 bits per heavy atom. The van der Waals surface area contributed by atoms with Gasteiger partial charge in [0.1, 0.15) is 5.82 Å². The third-order valence-electron chi connectivity index (χ3n) is 1.72. The first-order valence-electron chi connectivity index (χ1n) is 3.63. The molecule has 0 aliphatic heterocycles. The van der Waals surface area contributed by atoms with Crippen LogP contribution in [0.1, 0.15) is 24.1 Å². The summed E-state index contributed by atoms with van der Waals surface area (Å²) in [6.45, 7) is 3.75. The molecule has 0 fully saturated rings. The zero-order valence-electron chi connectivity index (χ0n) is 6.76. The standard InChI is InChI=1S/C9H12FN/c1-6-5-8(10)3-4-9(6)7(2)11/h3-5,7H,11H2,1-2H3/t7-/m1/s1. The molecule has 1 atom stereocenters. The topological polar surface area (TPSA) is 26.0 Å². The molecule has 0 heterocycles. The molecule has 11 heavy (non-hydrogen) atoms. The molecule has 1 aromatic carbocycles. The van der Waals surface area contributed by atoms with Gasteiger partial charge in [0.15, 0.2) is 0 Å². The summed E-state index contributed by atoms with van der Waals surface area (Å²) in [6, 6.07) is 4.65. The van der Waals surface area contributed by atoms with Crippen LogP contribution >= 0.6 is 0 Å². The first-order chi connectivity index (χ1) is 5.11. The van der Waals surface area contributed by atoms with Crippen molar-refractivity contribution in [2.75, 3.05) is 0 Å². The van der Waals surface area contributed by atoms with E-state index in [-0.39, 0.29) is 11.9 Å². The highest BCUT2D eigenvalue weighted by molar-refractivity contribution is 5.28. The van der Waals surface area contributed by atoms with E-state index in [1.165, 1.54) is 12.1 Å². The van der Waals surface area contributed by atoms with Crippen LogP contribution in [0.3, 0.4) is 0 Å². The van der Waals surface area contributed by atoms with E-state index in [9.17, 15) is 4.39 Å². The van der Waals surface area contributed by atoms with Gasteiger partial charge >= 0.3 is 0 Å². The van der Waals surface area contributed by atoms with Gasteiger partial charge in [0.25, 0.3) is 0 Å². The Morgan fingerprint density at radius 2 is 2.09 bits per heavy atom. The Balaban J connectivity index is 3.09. The van der Waals surface area contributed by atoms with Crippen LogP contribution in [0.15, 0.2) is 18.2 Å². The summed E-state index contributed by atoms with van der Waals surface area (Å²) in [6.07, 6.45) is 0. The Kier molecular flexibility index (Phi) is 2.25. The van der Waals surface area contributed by atoms with E-state index in [1.807, 2.05) is 13.8 Å². The number of aryl methyl sites for hydroxylation is 1. The first-order valence-corrected chi connectivity index (χ1v) is 3.63. The maximum absolute atomic E-state index is 12.6. The van der Waals surface area contributed by atoms with Gasteiger partial charge in [-0.05, 0) is 37.1 Å². The third kappa shape index (κ3) is 1.77. The number of hydrogen-bond acceptors (Lipinski definition) is 1. The molecule has 0 aromatic heterocycles. The van der Waals surface area contributed by atoms with Gasteiger partial charge in [-0.3, -0.25) is 0 Å². The van der Waals surface area contributed by atoms with Gasteiger partial charge in [0, 0.05) is 6.04 Å². The lowest BCUT2D eigenvalue weighted by atomic mass is 10.0. The van der Waals surface area contributed by atoms with Crippen LogP contribution in [0.5, 0.6) is 0 Å².